The molecular formula is C13H20N2O2. The van der Waals surface area contributed by atoms with Crippen molar-refractivity contribution in [3.8, 4) is 0 Å². The molecule has 4 heteroatoms. The smallest absolute Gasteiger partial charge is 0.300 e. The van der Waals surface area contributed by atoms with Gasteiger partial charge in [0.2, 0.25) is 0 Å². The zero-order valence-electron chi connectivity index (χ0n) is 10.1. The summed E-state index contributed by atoms with van der Waals surface area (Å²) < 4.78 is 0. The number of piperidine rings is 1. The number of nitrogens with two attached hydrogens (primary N) is 1. The molecule has 94 valence electrons. The summed E-state index contributed by atoms with van der Waals surface area (Å²) in [7, 11) is 0. The Morgan fingerprint density at radius 3 is 2.53 bits per heavy atom. The van der Waals surface area contributed by atoms with Gasteiger partial charge in [-0.05, 0) is 18.5 Å². The summed E-state index contributed by atoms with van der Waals surface area (Å²) in [5, 5.41) is 10.7. The molecule has 1 heterocycles. The standard InChI is InChI=1S/C11H16N2.C2H4O2/c12-11-8-13-7-6-10(11)9-4-2-1-3-5-9;1-2(3)4/h1-5,10-11,13H,6-8,12H2;1H3,(H,3,4). The molecule has 4 nitrogen and oxygen atoms in total. The maximum Gasteiger partial charge on any atom is 0.300 e. The predicted molar refractivity (Wildman–Crippen MR) is 68.0 cm³/mol. The number of hydrogen-bond donors (Lipinski definition) is 3. The molecule has 0 aromatic heterocycles. The third-order valence-electron chi connectivity index (χ3n) is 2.76. The van der Waals surface area contributed by atoms with Crippen molar-refractivity contribution in [1.29, 1.82) is 0 Å². The molecule has 1 aromatic carbocycles. The summed E-state index contributed by atoms with van der Waals surface area (Å²) in [5.74, 6) is -0.289. The molecule has 1 aliphatic heterocycles. The summed E-state index contributed by atoms with van der Waals surface area (Å²) in [6, 6.07) is 10.9. The van der Waals surface area contributed by atoms with Gasteiger partial charge in [-0.3, -0.25) is 4.79 Å². The first-order chi connectivity index (χ1) is 8.11. The van der Waals surface area contributed by atoms with Crippen LogP contribution in [0.15, 0.2) is 30.3 Å². The molecule has 17 heavy (non-hydrogen) atoms. The van der Waals surface area contributed by atoms with E-state index in [1.807, 2.05) is 0 Å². The average molecular weight is 236 g/mol. The van der Waals surface area contributed by atoms with Crippen LogP contribution in [0.2, 0.25) is 0 Å². The number of rotatable bonds is 1. The Hall–Kier alpha value is -1.39. The lowest BCUT2D eigenvalue weighted by molar-refractivity contribution is -0.134. The quantitative estimate of drug-likeness (QED) is 0.684. The van der Waals surface area contributed by atoms with Gasteiger partial charge in [0.05, 0.1) is 0 Å². The topological polar surface area (TPSA) is 75.3 Å². The van der Waals surface area contributed by atoms with Gasteiger partial charge >= 0.3 is 0 Å². The number of carboxylic acid groups (broad SMARTS) is 1. The van der Waals surface area contributed by atoms with Crippen molar-refractivity contribution in [2.24, 2.45) is 5.73 Å². The fourth-order valence-corrected chi connectivity index (χ4v) is 2.00. The van der Waals surface area contributed by atoms with Gasteiger partial charge in [0.1, 0.15) is 0 Å². The zero-order valence-corrected chi connectivity index (χ0v) is 10.1. The van der Waals surface area contributed by atoms with Gasteiger partial charge < -0.3 is 16.2 Å². The number of carboxylic acids is 1. The monoisotopic (exact) mass is 236 g/mol. The molecule has 2 rings (SSSR count). The highest BCUT2D eigenvalue weighted by molar-refractivity contribution is 5.62. The van der Waals surface area contributed by atoms with Crippen molar-refractivity contribution in [3.63, 3.8) is 0 Å². The van der Waals surface area contributed by atoms with E-state index in [4.69, 9.17) is 15.6 Å². The first-order valence-electron chi connectivity index (χ1n) is 5.82. The third kappa shape index (κ3) is 4.97. The van der Waals surface area contributed by atoms with Crippen molar-refractivity contribution in [2.45, 2.75) is 25.3 Å². The minimum atomic E-state index is -0.833. The van der Waals surface area contributed by atoms with E-state index < -0.39 is 5.97 Å². The van der Waals surface area contributed by atoms with E-state index in [0.717, 1.165) is 26.4 Å². The summed E-state index contributed by atoms with van der Waals surface area (Å²) in [4.78, 5) is 9.00. The van der Waals surface area contributed by atoms with Crippen molar-refractivity contribution in [2.75, 3.05) is 13.1 Å². The van der Waals surface area contributed by atoms with Gasteiger partial charge in [-0.1, -0.05) is 30.3 Å². The minimum absolute atomic E-state index is 0.274. The third-order valence-corrected chi connectivity index (χ3v) is 2.76. The lowest BCUT2D eigenvalue weighted by atomic mass is 9.87. The van der Waals surface area contributed by atoms with Crippen molar-refractivity contribution >= 4 is 5.97 Å². The summed E-state index contributed by atoms with van der Waals surface area (Å²) >= 11 is 0. The maximum absolute atomic E-state index is 9.00. The molecule has 2 atom stereocenters. The van der Waals surface area contributed by atoms with E-state index in [1.54, 1.807) is 0 Å². The van der Waals surface area contributed by atoms with Crippen molar-refractivity contribution in [3.05, 3.63) is 35.9 Å². The minimum Gasteiger partial charge on any atom is -0.481 e. The van der Waals surface area contributed by atoms with E-state index in [-0.39, 0.29) is 6.04 Å². The van der Waals surface area contributed by atoms with Gasteiger partial charge in [0.25, 0.3) is 5.97 Å². The number of benzene rings is 1. The largest absolute Gasteiger partial charge is 0.481 e. The van der Waals surface area contributed by atoms with E-state index in [0.29, 0.717) is 5.92 Å². The first-order valence-corrected chi connectivity index (χ1v) is 5.82. The highest BCUT2D eigenvalue weighted by Gasteiger charge is 2.22. The second kappa shape index (κ2) is 7.04. The molecule has 0 saturated carbocycles. The van der Waals surface area contributed by atoms with Crippen LogP contribution in [0.4, 0.5) is 0 Å². The summed E-state index contributed by atoms with van der Waals surface area (Å²) in [5.41, 5.74) is 7.43. The van der Waals surface area contributed by atoms with Gasteiger partial charge in [-0.2, -0.15) is 0 Å². The Morgan fingerprint density at radius 1 is 1.41 bits per heavy atom. The van der Waals surface area contributed by atoms with E-state index in [2.05, 4.69) is 35.6 Å². The van der Waals surface area contributed by atoms with Gasteiger partial charge in [0.15, 0.2) is 0 Å². The van der Waals surface area contributed by atoms with Crippen LogP contribution in [0, 0.1) is 0 Å². The summed E-state index contributed by atoms with van der Waals surface area (Å²) in [6.45, 7) is 3.12. The highest BCUT2D eigenvalue weighted by Crippen LogP contribution is 2.23. The zero-order chi connectivity index (χ0) is 12.7. The molecular weight excluding hydrogens is 216 g/mol. The highest BCUT2D eigenvalue weighted by atomic mass is 16.4. The van der Waals surface area contributed by atoms with Crippen LogP contribution in [-0.4, -0.2) is 30.2 Å². The molecule has 0 aliphatic carbocycles. The lowest BCUT2D eigenvalue weighted by Crippen LogP contribution is -2.44. The van der Waals surface area contributed by atoms with E-state index >= 15 is 0 Å². The van der Waals surface area contributed by atoms with E-state index in [9.17, 15) is 0 Å². The van der Waals surface area contributed by atoms with Gasteiger partial charge in [-0.15, -0.1) is 0 Å². The SMILES string of the molecule is CC(=O)O.NC1CNCCC1c1ccccc1. The van der Waals surface area contributed by atoms with Gasteiger partial charge in [0, 0.05) is 25.4 Å². The molecule has 1 saturated heterocycles. The number of hydrogen-bond acceptors (Lipinski definition) is 3. The average Bonchev–Trinajstić information content (AvgIpc) is 2.30. The molecule has 1 fully saturated rings. The normalized spacial score (nSPS) is 23.4. The number of nitrogens with one attached hydrogen (secondary N) is 1. The molecule has 0 radical (unpaired) electrons. The fourth-order valence-electron chi connectivity index (χ4n) is 2.00. The van der Waals surface area contributed by atoms with Crippen molar-refractivity contribution < 1.29 is 9.90 Å². The Bertz CT molecular complexity index is 337. The van der Waals surface area contributed by atoms with Crippen LogP contribution >= 0.6 is 0 Å². The number of carbonyl (C=O) groups is 1. The second-order valence-corrected chi connectivity index (χ2v) is 4.19. The van der Waals surface area contributed by atoms with Crippen molar-refractivity contribution in [1.82, 2.24) is 5.32 Å². The lowest BCUT2D eigenvalue weighted by Gasteiger charge is -2.29. The van der Waals surface area contributed by atoms with Crippen LogP contribution in [0.5, 0.6) is 0 Å². The molecule has 0 amide bonds. The van der Waals surface area contributed by atoms with E-state index in [1.165, 1.54) is 5.56 Å². The number of aliphatic carboxylic acids is 1. The second-order valence-electron chi connectivity index (χ2n) is 4.19. The Labute approximate surface area is 102 Å². The Morgan fingerprint density at radius 2 is 2.00 bits per heavy atom. The fraction of sp³-hybridized carbons (Fsp3) is 0.462. The van der Waals surface area contributed by atoms with Crippen LogP contribution in [0.1, 0.15) is 24.8 Å². The van der Waals surface area contributed by atoms with Gasteiger partial charge in [-0.25, -0.2) is 0 Å². The van der Waals surface area contributed by atoms with Crippen LogP contribution in [0.25, 0.3) is 0 Å². The molecule has 1 aliphatic rings. The predicted octanol–water partition coefficient (Wildman–Crippen LogP) is 1.18. The first kappa shape index (κ1) is 13.7. The van der Waals surface area contributed by atoms with Crippen LogP contribution in [-0.2, 0) is 4.79 Å². The Kier molecular flexibility index (Phi) is 5.66. The molecule has 0 spiro atoms. The summed E-state index contributed by atoms with van der Waals surface area (Å²) in [6.07, 6.45) is 1.16. The molecule has 2 unspecified atom stereocenters. The van der Waals surface area contributed by atoms with Crippen LogP contribution < -0.4 is 11.1 Å². The molecule has 1 aromatic rings. The Balaban J connectivity index is 0.000000317. The maximum atomic E-state index is 9.00. The molecule has 0 bridgehead atoms. The molecule has 4 N–H and O–H groups in total. The van der Waals surface area contributed by atoms with Crippen LogP contribution in [0.3, 0.4) is 0 Å².